The molecule has 0 unspecified atom stereocenters. The van der Waals surface area contributed by atoms with Gasteiger partial charge >= 0.3 is 12.0 Å². The van der Waals surface area contributed by atoms with Gasteiger partial charge in [0.05, 0.1) is 5.56 Å². The average molecular weight is 423 g/mol. The number of nitrogens with zero attached hydrogens (tertiary/aromatic N) is 1. The molecule has 2 amide bonds. The van der Waals surface area contributed by atoms with Crippen LogP contribution in [0.3, 0.4) is 0 Å². The molecule has 3 rings (SSSR count). The number of rotatable bonds is 6. The lowest BCUT2D eigenvalue weighted by Gasteiger charge is -2.42. The molecule has 0 saturated carbocycles. The van der Waals surface area contributed by atoms with Crippen LogP contribution in [0.1, 0.15) is 81.8 Å². The van der Waals surface area contributed by atoms with Crippen molar-refractivity contribution in [1.29, 1.82) is 0 Å². The van der Waals surface area contributed by atoms with Crippen molar-refractivity contribution in [3.05, 3.63) is 59.2 Å². The van der Waals surface area contributed by atoms with Crippen molar-refractivity contribution in [3.8, 4) is 0 Å². The minimum atomic E-state index is -0.984. The Morgan fingerprint density at radius 1 is 0.968 bits per heavy atom. The first kappa shape index (κ1) is 22.9. The topological polar surface area (TPSA) is 69.6 Å². The Morgan fingerprint density at radius 2 is 1.58 bits per heavy atom. The highest BCUT2D eigenvalue weighted by atomic mass is 16.4. The minimum absolute atomic E-state index is 0.0699. The molecule has 0 bridgehead atoms. The number of nitrogens with one attached hydrogen (secondary N) is 1. The van der Waals surface area contributed by atoms with Crippen LogP contribution in [0, 0.1) is 0 Å². The van der Waals surface area contributed by atoms with Crippen LogP contribution in [0.25, 0.3) is 0 Å². The van der Waals surface area contributed by atoms with Crippen LogP contribution < -0.4 is 10.2 Å². The molecule has 0 aliphatic heterocycles. The van der Waals surface area contributed by atoms with Gasteiger partial charge in [0.25, 0.3) is 0 Å². The summed E-state index contributed by atoms with van der Waals surface area (Å²) in [6, 6.07) is 12.5. The van der Waals surface area contributed by atoms with Crippen LogP contribution >= 0.6 is 0 Å². The van der Waals surface area contributed by atoms with Gasteiger partial charge in [-0.05, 0) is 77.6 Å². The summed E-state index contributed by atoms with van der Waals surface area (Å²) in [5.74, 6) is -0.984. The number of urea groups is 1. The van der Waals surface area contributed by atoms with Crippen LogP contribution in [-0.2, 0) is 10.8 Å². The second-order valence-corrected chi connectivity index (χ2v) is 9.82. The predicted octanol–water partition coefficient (Wildman–Crippen LogP) is 6.57. The number of hydrogen-bond acceptors (Lipinski definition) is 2. The molecule has 0 spiro atoms. The number of fused-ring (bicyclic) bond motifs is 1. The Hall–Kier alpha value is -2.82. The highest BCUT2D eigenvalue weighted by Gasteiger charge is 2.37. The van der Waals surface area contributed by atoms with Crippen LogP contribution in [0.2, 0.25) is 0 Å². The highest BCUT2D eigenvalue weighted by molar-refractivity contribution is 6.02. The number of carboxylic acid groups (broad SMARTS) is 1. The minimum Gasteiger partial charge on any atom is -0.478 e. The Labute approximate surface area is 185 Å². The van der Waals surface area contributed by atoms with Crippen molar-refractivity contribution in [1.82, 2.24) is 0 Å². The summed E-state index contributed by atoms with van der Waals surface area (Å²) < 4.78 is 0. The molecule has 1 aliphatic rings. The molecule has 0 radical (unpaired) electrons. The van der Waals surface area contributed by atoms with Gasteiger partial charge in [-0.25, -0.2) is 9.59 Å². The first-order valence-electron chi connectivity index (χ1n) is 11.1. The Bertz CT molecular complexity index is 961. The maximum atomic E-state index is 13.2. The number of benzene rings is 2. The van der Waals surface area contributed by atoms with Crippen molar-refractivity contribution in [2.45, 2.75) is 71.1 Å². The monoisotopic (exact) mass is 422 g/mol. The molecule has 0 saturated heterocycles. The fourth-order valence-electron chi connectivity index (χ4n) is 4.30. The van der Waals surface area contributed by atoms with E-state index >= 15 is 0 Å². The zero-order chi connectivity index (χ0) is 22.8. The Kier molecular flexibility index (Phi) is 6.44. The molecule has 0 heterocycles. The van der Waals surface area contributed by atoms with Crippen molar-refractivity contribution in [2.24, 2.45) is 0 Å². The molecule has 0 atom stereocenters. The zero-order valence-electron chi connectivity index (χ0n) is 19.3. The summed E-state index contributed by atoms with van der Waals surface area (Å²) in [6.07, 6.45) is 4.16. The second kappa shape index (κ2) is 8.74. The quantitative estimate of drug-likeness (QED) is 0.553. The summed E-state index contributed by atoms with van der Waals surface area (Å²) in [5.41, 5.74) is 4.56. The largest absolute Gasteiger partial charge is 0.478 e. The smallest absolute Gasteiger partial charge is 0.335 e. The van der Waals surface area contributed by atoms with Crippen molar-refractivity contribution in [2.75, 3.05) is 16.8 Å². The predicted molar refractivity (Wildman–Crippen MR) is 126 cm³/mol. The molecule has 5 nitrogen and oxygen atoms in total. The summed E-state index contributed by atoms with van der Waals surface area (Å²) in [5, 5.41) is 12.0. The van der Waals surface area contributed by atoms with Gasteiger partial charge < -0.3 is 10.4 Å². The molecule has 1 aliphatic carbocycles. The fraction of sp³-hybridized carbons (Fsp3) is 0.462. The maximum Gasteiger partial charge on any atom is 0.335 e. The zero-order valence-corrected chi connectivity index (χ0v) is 19.3. The molecule has 0 aromatic heterocycles. The van der Waals surface area contributed by atoms with Crippen LogP contribution in [0.15, 0.2) is 42.5 Å². The van der Waals surface area contributed by atoms with Gasteiger partial charge in [0, 0.05) is 17.9 Å². The highest BCUT2D eigenvalue weighted by Crippen LogP contribution is 2.46. The average Bonchev–Trinajstić information content (AvgIpc) is 2.72. The SMILES string of the molecule is CCCCN(C(=O)Nc1ccc(C(=O)O)cc1)c1ccc2c(c1)C(C)(C)CCC2(C)C. The molecule has 2 N–H and O–H groups in total. The van der Waals surface area contributed by atoms with E-state index in [1.807, 2.05) is 0 Å². The van der Waals surface area contributed by atoms with E-state index in [1.165, 1.54) is 23.3 Å². The third-order valence-corrected chi connectivity index (χ3v) is 6.51. The van der Waals surface area contributed by atoms with Gasteiger partial charge in [-0.15, -0.1) is 0 Å². The van der Waals surface area contributed by atoms with Crippen molar-refractivity contribution in [3.63, 3.8) is 0 Å². The van der Waals surface area contributed by atoms with Gasteiger partial charge in [-0.3, -0.25) is 4.90 Å². The second-order valence-electron chi connectivity index (χ2n) is 9.82. The summed E-state index contributed by atoms with van der Waals surface area (Å²) in [7, 11) is 0. The van der Waals surface area contributed by atoms with Crippen LogP contribution in [0.4, 0.5) is 16.2 Å². The van der Waals surface area contributed by atoms with Gasteiger partial charge in [0.2, 0.25) is 0 Å². The summed E-state index contributed by atoms with van der Waals surface area (Å²) >= 11 is 0. The Morgan fingerprint density at radius 3 is 2.16 bits per heavy atom. The van der Waals surface area contributed by atoms with E-state index in [-0.39, 0.29) is 22.4 Å². The molecular weight excluding hydrogens is 388 g/mol. The molecule has 5 heteroatoms. The summed E-state index contributed by atoms with van der Waals surface area (Å²) in [6.45, 7) is 11.9. The fourth-order valence-corrected chi connectivity index (χ4v) is 4.30. The van der Waals surface area contributed by atoms with E-state index in [2.05, 4.69) is 58.1 Å². The molecule has 166 valence electrons. The number of amides is 2. The van der Waals surface area contributed by atoms with Crippen LogP contribution in [-0.4, -0.2) is 23.7 Å². The number of carbonyl (C=O) groups excluding carboxylic acids is 1. The van der Waals surface area contributed by atoms with E-state index in [1.54, 1.807) is 17.0 Å². The summed E-state index contributed by atoms with van der Waals surface area (Å²) in [4.78, 5) is 26.1. The third kappa shape index (κ3) is 4.92. The number of anilines is 2. The first-order chi connectivity index (χ1) is 14.5. The number of carboxylic acids is 1. The number of unbranched alkanes of at least 4 members (excludes halogenated alkanes) is 1. The van der Waals surface area contributed by atoms with E-state index in [0.717, 1.165) is 31.4 Å². The normalized spacial score (nSPS) is 16.3. The lowest BCUT2D eigenvalue weighted by molar-refractivity contribution is 0.0697. The molecule has 31 heavy (non-hydrogen) atoms. The van der Waals surface area contributed by atoms with Crippen molar-refractivity contribution < 1.29 is 14.7 Å². The maximum absolute atomic E-state index is 13.2. The lowest BCUT2D eigenvalue weighted by Crippen LogP contribution is -2.37. The third-order valence-electron chi connectivity index (χ3n) is 6.51. The van der Waals surface area contributed by atoms with Gasteiger partial charge in [-0.2, -0.15) is 0 Å². The van der Waals surface area contributed by atoms with E-state index < -0.39 is 5.97 Å². The van der Waals surface area contributed by atoms with Gasteiger partial charge in [0.1, 0.15) is 0 Å². The molecule has 2 aromatic carbocycles. The molecule has 2 aromatic rings. The van der Waals surface area contributed by atoms with Gasteiger partial charge in [0.15, 0.2) is 0 Å². The number of carbonyl (C=O) groups is 2. The molecular formula is C26H34N2O3. The number of hydrogen-bond donors (Lipinski definition) is 2. The molecule has 0 fully saturated rings. The van der Waals surface area contributed by atoms with E-state index in [0.29, 0.717) is 12.2 Å². The first-order valence-corrected chi connectivity index (χ1v) is 11.1. The van der Waals surface area contributed by atoms with Crippen molar-refractivity contribution >= 4 is 23.4 Å². The van der Waals surface area contributed by atoms with E-state index in [9.17, 15) is 9.59 Å². The van der Waals surface area contributed by atoms with Gasteiger partial charge in [-0.1, -0.05) is 47.1 Å². The Balaban J connectivity index is 1.91. The standard InChI is InChI=1S/C26H34N2O3/c1-6-7-16-28(24(31)27-19-10-8-18(9-11-19)23(29)30)20-12-13-21-22(17-20)26(4,5)15-14-25(21,2)3/h8-13,17H,6-7,14-16H2,1-5H3,(H,27,31)(H,29,30). The van der Waals surface area contributed by atoms with Crippen LogP contribution in [0.5, 0.6) is 0 Å². The number of aromatic carboxylic acids is 1. The lowest BCUT2D eigenvalue weighted by atomic mass is 9.63. The van der Waals surface area contributed by atoms with E-state index in [4.69, 9.17) is 5.11 Å².